The van der Waals surface area contributed by atoms with Crippen molar-refractivity contribution in [3.8, 4) is 0 Å². The Morgan fingerprint density at radius 3 is 2.20 bits per heavy atom. The van der Waals surface area contributed by atoms with Crippen LogP contribution in [0.3, 0.4) is 0 Å². The summed E-state index contributed by atoms with van der Waals surface area (Å²) in [6.07, 6.45) is 1.43. The van der Waals surface area contributed by atoms with Gasteiger partial charge in [0.25, 0.3) is 11.8 Å². The highest BCUT2D eigenvalue weighted by Crippen LogP contribution is 2.12. The summed E-state index contributed by atoms with van der Waals surface area (Å²) in [4.78, 5) is 23.9. The van der Waals surface area contributed by atoms with Crippen LogP contribution in [0.25, 0.3) is 0 Å². The van der Waals surface area contributed by atoms with Crippen molar-refractivity contribution in [2.24, 2.45) is 0 Å². The van der Waals surface area contributed by atoms with Crippen LogP contribution < -0.4 is 10.9 Å². The van der Waals surface area contributed by atoms with E-state index in [1.54, 1.807) is 25.1 Å². The lowest BCUT2D eigenvalue weighted by Gasteiger charge is -2.10. The van der Waals surface area contributed by atoms with Gasteiger partial charge in [-0.3, -0.25) is 20.4 Å². The summed E-state index contributed by atoms with van der Waals surface area (Å²) in [5.41, 5.74) is 7.62. The predicted octanol–water partition coefficient (Wildman–Crippen LogP) is 2.28. The van der Waals surface area contributed by atoms with Gasteiger partial charge in [0.1, 0.15) is 5.76 Å². The topological polar surface area (TPSA) is 71.3 Å². The quantitative estimate of drug-likeness (QED) is 0.824. The van der Waals surface area contributed by atoms with E-state index in [2.05, 4.69) is 10.9 Å². The van der Waals surface area contributed by atoms with Crippen LogP contribution in [0, 0.1) is 20.8 Å². The van der Waals surface area contributed by atoms with Gasteiger partial charge in [0.05, 0.1) is 11.8 Å². The van der Waals surface area contributed by atoms with Gasteiger partial charge in [0, 0.05) is 5.56 Å². The third-order valence-electron chi connectivity index (χ3n) is 3.24. The molecule has 1 heterocycles. The first-order valence-corrected chi connectivity index (χ1v) is 6.21. The number of rotatable bonds is 2. The molecule has 0 atom stereocenters. The molecule has 0 spiro atoms. The fraction of sp³-hybridized carbons (Fsp3) is 0.200. The van der Waals surface area contributed by atoms with Gasteiger partial charge in [0.15, 0.2) is 0 Å². The second-order valence-electron chi connectivity index (χ2n) is 4.55. The Bertz CT molecular complexity index is 659. The maximum Gasteiger partial charge on any atom is 0.273 e. The zero-order chi connectivity index (χ0) is 14.7. The van der Waals surface area contributed by atoms with Crippen LogP contribution in [0.5, 0.6) is 0 Å². The van der Waals surface area contributed by atoms with Crippen molar-refractivity contribution >= 4 is 11.8 Å². The molecule has 2 N–H and O–H groups in total. The fourth-order valence-electron chi connectivity index (χ4n) is 1.87. The minimum atomic E-state index is -0.407. The Labute approximate surface area is 117 Å². The van der Waals surface area contributed by atoms with Crippen LogP contribution in [-0.4, -0.2) is 11.8 Å². The molecule has 2 amide bonds. The molecule has 0 saturated heterocycles. The number of amides is 2. The van der Waals surface area contributed by atoms with E-state index in [4.69, 9.17) is 4.42 Å². The van der Waals surface area contributed by atoms with E-state index in [1.807, 2.05) is 19.9 Å². The van der Waals surface area contributed by atoms with E-state index in [0.717, 1.165) is 11.1 Å². The molecule has 2 rings (SSSR count). The molecule has 20 heavy (non-hydrogen) atoms. The smallest absolute Gasteiger partial charge is 0.273 e. The average molecular weight is 272 g/mol. The lowest BCUT2D eigenvalue weighted by molar-refractivity contribution is 0.0845. The standard InChI is InChI=1S/C15H16N2O3/c1-9-5-4-6-12(10(9)2)14(18)16-17-15(19)13-7-8-20-11(13)3/h4-8H,1-3H3,(H,16,18)(H,17,19). The second-order valence-corrected chi connectivity index (χ2v) is 4.55. The van der Waals surface area contributed by atoms with Gasteiger partial charge in [-0.2, -0.15) is 0 Å². The number of aryl methyl sites for hydroxylation is 2. The highest BCUT2D eigenvalue weighted by molar-refractivity contribution is 6.00. The number of hydrogen-bond acceptors (Lipinski definition) is 3. The van der Waals surface area contributed by atoms with E-state index >= 15 is 0 Å². The van der Waals surface area contributed by atoms with E-state index in [1.165, 1.54) is 6.26 Å². The van der Waals surface area contributed by atoms with Crippen molar-refractivity contribution in [3.63, 3.8) is 0 Å². The Morgan fingerprint density at radius 1 is 0.950 bits per heavy atom. The Balaban J connectivity index is 2.04. The van der Waals surface area contributed by atoms with Crippen LogP contribution in [0.2, 0.25) is 0 Å². The summed E-state index contributed by atoms with van der Waals surface area (Å²) in [5.74, 6) is -0.251. The van der Waals surface area contributed by atoms with Gasteiger partial charge < -0.3 is 4.42 Å². The number of furan rings is 1. The molecule has 0 fully saturated rings. The minimum Gasteiger partial charge on any atom is -0.469 e. The molecule has 2 aromatic rings. The number of carbonyl (C=O) groups is 2. The summed E-state index contributed by atoms with van der Waals surface area (Å²) < 4.78 is 5.04. The third-order valence-corrected chi connectivity index (χ3v) is 3.24. The van der Waals surface area contributed by atoms with Crippen LogP contribution in [-0.2, 0) is 0 Å². The maximum absolute atomic E-state index is 12.0. The first kappa shape index (κ1) is 13.9. The minimum absolute atomic E-state index is 0.347. The van der Waals surface area contributed by atoms with Crippen molar-refractivity contribution in [2.75, 3.05) is 0 Å². The Kier molecular flexibility index (Phi) is 3.89. The Hall–Kier alpha value is -2.56. The number of benzene rings is 1. The van der Waals surface area contributed by atoms with Gasteiger partial charge in [0.2, 0.25) is 0 Å². The van der Waals surface area contributed by atoms with Crippen molar-refractivity contribution in [3.05, 3.63) is 58.5 Å². The van der Waals surface area contributed by atoms with E-state index < -0.39 is 5.91 Å². The fourth-order valence-corrected chi connectivity index (χ4v) is 1.87. The van der Waals surface area contributed by atoms with Gasteiger partial charge in [-0.25, -0.2) is 0 Å². The van der Waals surface area contributed by atoms with Crippen molar-refractivity contribution < 1.29 is 14.0 Å². The van der Waals surface area contributed by atoms with Crippen LogP contribution in [0.15, 0.2) is 34.9 Å². The molecule has 5 nitrogen and oxygen atoms in total. The summed E-state index contributed by atoms with van der Waals surface area (Å²) in [7, 11) is 0. The van der Waals surface area contributed by atoms with E-state index in [-0.39, 0.29) is 5.91 Å². The second kappa shape index (κ2) is 5.61. The highest BCUT2D eigenvalue weighted by Gasteiger charge is 2.14. The first-order chi connectivity index (χ1) is 9.50. The monoisotopic (exact) mass is 272 g/mol. The molecule has 5 heteroatoms. The molecule has 0 bridgehead atoms. The lowest BCUT2D eigenvalue weighted by Crippen LogP contribution is -2.42. The molecule has 0 aliphatic rings. The van der Waals surface area contributed by atoms with Gasteiger partial charge in [-0.05, 0) is 44.0 Å². The molecular formula is C15H16N2O3. The predicted molar refractivity (Wildman–Crippen MR) is 74.3 cm³/mol. The number of nitrogens with one attached hydrogen (secondary N) is 2. The lowest BCUT2D eigenvalue weighted by atomic mass is 10.0. The summed E-state index contributed by atoms with van der Waals surface area (Å²) in [6, 6.07) is 7.00. The average Bonchev–Trinajstić information content (AvgIpc) is 2.85. The van der Waals surface area contributed by atoms with Crippen molar-refractivity contribution in [1.82, 2.24) is 10.9 Å². The molecular weight excluding hydrogens is 256 g/mol. The number of hydrazine groups is 1. The SMILES string of the molecule is Cc1cccc(C(=O)NNC(=O)c2ccoc2C)c1C. The highest BCUT2D eigenvalue weighted by atomic mass is 16.3. The maximum atomic E-state index is 12.0. The van der Waals surface area contributed by atoms with Gasteiger partial charge >= 0.3 is 0 Å². The largest absolute Gasteiger partial charge is 0.469 e. The molecule has 104 valence electrons. The van der Waals surface area contributed by atoms with Gasteiger partial charge in [-0.1, -0.05) is 12.1 Å². The molecule has 0 aliphatic carbocycles. The molecule has 0 radical (unpaired) electrons. The summed E-state index contributed by atoms with van der Waals surface area (Å²) in [6.45, 7) is 5.48. The van der Waals surface area contributed by atoms with Crippen molar-refractivity contribution in [2.45, 2.75) is 20.8 Å². The van der Waals surface area contributed by atoms with E-state index in [0.29, 0.717) is 16.9 Å². The normalized spacial score (nSPS) is 10.2. The van der Waals surface area contributed by atoms with Crippen molar-refractivity contribution in [1.29, 1.82) is 0 Å². The first-order valence-electron chi connectivity index (χ1n) is 6.21. The van der Waals surface area contributed by atoms with Gasteiger partial charge in [-0.15, -0.1) is 0 Å². The molecule has 1 aromatic heterocycles. The number of hydrogen-bond donors (Lipinski definition) is 2. The molecule has 0 aliphatic heterocycles. The number of carbonyl (C=O) groups excluding carboxylic acids is 2. The third kappa shape index (κ3) is 2.71. The molecule has 0 saturated carbocycles. The Morgan fingerprint density at radius 2 is 1.60 bits per heavy atom. The summed E-state index contributed by atoms with van der Waals surface area (Å²) >= 11 is 0. The van der Waals surface area contributed by atoms with Crippen LogP contribution >= 0.6 is 0 Å². The zero-order valence-corrected chi connectivity index (χ0v) is 11.6. The zero-order valence-electron chi connectivity index (χ0n) is 11.6. The van der Waals surface area contributed by atoms with Crippen LogP contribution in [0.4, 0.5) is 0 Å². The van der Waals surface area contributed by atoms with E-state index in [9.17, 15) is 9.59 Å². The van der Waals surface area contributed by atoms with Crippen LogP contribution in [0.1, 0.15) is 37.6 Å². The molecule has 0 unspecified atom stereocenters. The summed E-state index contributed by atoms with van der Waals surface area (Å²) in [5, 5.41) is 0. The molecule has 1 aromatic carbocycles.